The van der Waals surface area contributed by atoms with E-state index in [0.29, 0.717) is 29.6 Å². The lowest BCUT2D eigenvalue weighted by molar-refractivity contribution is -0.408. The number of nitrogens with zero attached hydrogens (tertiary/aromatic N) is 3. The zero-order valence-electron chi connectivity index (χ0n) is 17.2. The Kier molecular flexibility index (Phi) is 6.14. The van der Waals surface area contributed by atoms with Gasteiger partial charge in [-0.25, -0.2) is 4.79 Å². The summed E-state index contributed by atoms with van der Waals surface area (Å²) in [6.45, 7) is 1.67. The predicted molar refractivity (Wildman–Crippen MR) is 108 cm³/mol. The average molecular weight is 415 g/mol. The van der Waals surface area contributed by atoms with Crippen molar-refractivity contribution >= 4 is 35.6 Å². The lowest BCUT2D eigenvalue weighted by Crippen LogP contribution is -2.56. The van der Waals surface area contributed by atoms with Crippen LogP contribution in [0.1, 0.15) is 6.92 Å². The Morgan fingerprint density at radius 2 is 2.03 bits per heavy atom. The number of amidine groups is 1. The SMILES string of the molecule is CCOC1=CC=NC2=[N+](C)C(=O)N(CC(=O)Nc3cc(OC)ccc3OC)C(=O)C12. The molecule has 0 bridgehead atoms. The topological polar surface area (TPSA) is 110 Å². The summed E-state index contributed by atoms with van der Waals surface area (Å²) in [5.41, 5.74) is 0.358. The van der Waals surface area contributed by atoms with Crippen LogP contribution in [0.2, 0.25) is 0 Å². The molecule has 0 aliphatic carbocycles. The lowest BCUT2D eigenvalue weighted by Gasteiger charge is -2.28. The minimum absolute atomic E-state index is 0.266. The molecule has 1 unspecified atom stereocenters. The molecule has 10 nitrogen and oxygen atoms in total. The molecule has 2 heterocycles. The lowest BCUT2D eigenvalue weighted by atomic mass is 9.99. The number of methoxy groups -OCH3 is 2. The molecule has 0 aromatic heterocycles. The highest BCUT2D eigenvalue weighted by molar-refractivity contribution is 6.16. The predicted octanol–water partition coefficient (Wildman–Crippen LogP) is 1.27. The maximum atomic E-state index is 13.1. The first kappa shape index (κ1) is 21.0. The second-order valence-corrected chi connectivity index (χ2v) is 6.45. The highest BCUT2D eigenvalue weighted by Gasteiger charge is 2.50. The van der Waals surface area contributed by atoms with Crippen LogP contribution in [0.5, 0.6) is 11.5 Å². The third-order valence-electron chi connectivity index (χ3n) is 4.66. The second kappa shape index (κ2) is 8.76. The molecule has 4 amide bonds. The first-order valence-corrected chi connectivity index (χ1v) is 9.26. The van der Waals surface area contributed by atoms with Gasteiger partial charge in [-0.1, -0.05) is 0 Å². The van der Waals surface area contributed by atoms with Gasteiger partial charge >= 0.3 is 11.9 Å². The number of fused-ring (bicyclic) bond motifs is 1. The maximum absolute atomic E-state index is 13.1. The Morgan fingerprint density at radius 1 is 1.27 bits per heavy atom. The van der Waals surface area contributed by atoms with Gasteiger partial charge in [0.15, 0.2) is 12.5 Å². The molecule has 10 heteroatoms. The number of dihydropyridines is 1. The first-order chi connectivity index (χ1) is 14.4. The van der Waals surface area contributed by atoms with Crippen LogP contribution in [0.3, 0.4) is 0 Å². The van der Waals surface area contributed by atoms with E-state index in [4.69, 9.17) is 14.2 Å². The van der Waals surface area contributed by atoms with Crippen molar-refractivity contribution in [1.82, 2.24) is 4.90 Å². The van der Waals surface area contributed by atoms with Gasteiger partial charge in [0.25, 0.3) is 11.7 Å². The Balaban J connectivity index is 1.83. The summed E-state index contributed by atoms with van der Waals surface area (Å²) in [6, 6.07) is 4.26. The molecule has 0 saturated carbocycles. The Morgan fingerprint density at radius 3 is 2.70 bits per heavy atom. The fraction of sp³-hybridized carbons (Fsp3) is 0.350. The summed E-state index contributed by atoms with van der Waals surface area (Å²) in [5, 5.41) is 2.66. The summed E-state index contributed by atoms with van der Waals surface area (Å²) in [4.78, 5) is 43.5. The van der Waals surface area contributed by atoms with Crippen molar-refractivity contribution in [2.75, 3.05) is 39.7 Å². The van der Waals surface area contributed by atoms with E-state index >= 15 is 0 Å². The molecule has 3 rings (SSSR count). The van der Waals surface area contributed by atoms with Crippen LogP contribution < -0.4 is 14.8 Å². The minimum atomic E-state index is -0.878. The Labute approximate surface area is 173 Å². The van der Waals surface area contributed by atoms with E-state index in [1.54, 1.807) is 31.2 Å². The van der Waals surface area contributed by atoms with Crippen LogP contribution in [0.25, 0.3) is 0 Å². The van der Waals surface area contributed by atoms with Crippen LogP contribution in [-0.2, 0) is 14.3 Å². The number of amides is 4. The van der Waals surface area contributed by atoms with Crippen LogP contribution in [0.15, 0.2) is 35.0 Å². The van der Waals surface area contributed by atoms with Crippen molar-refractivity contribution in [3.05, 3.63) is 30.0 Å². The number of carbonyl (C=O) groups is 3. The molecular weight excluding hydrogens is 392 g/mol. The molecule has 0 radical (unpaired) electrons. The molecule has 158 valence electrons. The molecule has 1 atom stereocenters. The second-order valence-electron chi connectivity index (χ2n) is 6.45. The van der Waals surface area contributed by atoms with Crippen LogP contribution in [0, 0.1) is 5.92 Å². The minimum Gasteiger partial charge on any atom is -0.497 e. The molecule has 2 aliphatic heterocycles. The number of allylic oxidation sites excluding steroid dienone is 1. The monoisotopic (exact) mass is 415 g/mol. The number of anilines is 1. The smallest absolute Gasteiger partial charge is 0.446 e. The zero-order valence-corrected chi connectivity index (χ0v) is 17.2. The van der Waals surface area contributed by atoms with Crippen molar-refractivity contribution in [2.24, 2.45) is 10.9 Å². The van der Waals surface area contributed by atoms with Gasteiger partial charge in [0.1, 0.15) is 23.5 Å². The molecular formula is C20H23N4O6+. The number of nitrogens with one attached hydrogen (secondary N) is 1. The molecule has 0 spiro atoms. The summed E-state index contributed by atoms with van der Waals surface area (Å²) in [5.74, 6) is -0.442. The number of benzene rings is 1. The third kappa shape index (κ3) is 3.88. The number of urea groups is 1. The molecule has 30 heavy (non-hydrogen) atoms. The summed E-state index contributed by atoms with van der Waals surface area (Å²) in [7, 11) is 4.46. The fourth-order valence-electron chi connectivity index (χ4n) is 3.22. The van der Waals surface area contributed by atoms with E-state index in [2.05, 4.69) is 10.3 Å². The number of aliphatic imine (C=N–C) groups is 1. The van der Waals surface area contributed by atoms with Crippen molar-refractivity contribution in [2.45, 2.75) is 6.92 Å². The van der Waals surface area contributed by atoms with E-state index in [-0.39, 0.29) is 5.84 Å². The zero-order chi connectivity index (χ0) is 21.8. The van der Waals surface area contributed by atoms with E-state index in [1.807, 2.05) is 0 Å². The van der Waals surface area contributed by atoms with Crippen molar-refractivity contribution in [3.8, 4) is 11.5 Å². The highest BCUT2D eigenvalue weighted by Crippen LogP contribution is 2.29. The quantitative estimate of drug-likeness (QED) is 0.672. The molecule has 1 N–H and O–H groups in total. The average Bonchev–Trinajstić information content (AvgIpc) is 2.75. The van der Waals surface area contributed by atoms with Gasteiger partial charge in [0.05, 0.1) is 33.6 Å². The number of ether oxygens (including phenoxy) is 3. The maximum Gasteiger partial charge on any atom is 0.446 e. The van der Waals surface area contributed by atoms with Crippen molar-refractivity contribution < 1.29 is 33.2 Å². The van der Waals surface area contributed by atoms with E-state index in [0.717, 1.165) is 4.90 Å². The van der Waals surface area contributed by atoms with Gasteiger partial charge in [0, 0.05) is 12.1 Å². The van der Waals surface area contributed by atoms with Gasteiger partial charge in [-0.2, -0.15) is 9.48 Å². The van der Waals surface area contributed by atoms with Gasteiger partial charge in [-0.05, 0) is 19.1 Å². The van der Waals surface area contributed by atoms with E-state index in [9.17, 15) is 14.4 Å². The normalized spacial score (nSPS) is 18.1. The van der Waals surface area contributed by atoms with Gasteiger partial charge < -0.3 is 19.5 Å². The van der Waals surface area contributed by atoms with Crippen LogP contribution in [0.4, 0.5) is 10.5 Å². The third-order valence-corrected chi connectivity index (χ3v) is 4.66. The van der Waals surface area contributed by atoms with Gasteiger partial charge in [-0.15, -0.1) is 4.99 Å². The highest BCUT2D eigenvalue weighted by atomic mass is 16.5. The molecule has 0 fully saturated rings. The van der Waals surface area contributed by atoms with E-state index in [1.165, 1.54) is 32.1 Å². The van der Waals surface area contributed by atoms with Crippen LogP contribution in [-0.4, -0.2) is 73.8 Å². The summed E-state index contributed by atoms with van der Waals surface area (Å²) in [6.07, 6.45) is 3.06. The molecule has 0 saturated heterocycles. The Bertz CT molecular complexity index is 982. The number of rotatable bonds is 7. The Hall–Kier alpha value is -3.69. The fourth-order valence-corrected chi connectivity index (χ4v) is 3.22. The van der Waals surface area contributed by atoms with Crippen molar-refractivity contribution in [3.63, 3.8) is 0 Å². The largest absolute Gasteiger partial charge is 0.497 e. The van der Waals surface area contributed by atoms with Gasteiger partial charge in [-0.3, -0.25) is 9.59 Å². The first-order valence-electron chi connectivity index (χ1n) is 9.26. The molecule has 2 aliphatic rings. The van der Waals surface area contributed by atoms with Crippen molar-refractivity contribution in [1.29, 1.82) is 0 Å². The summed E-state index contributed by atoms with van der Waals surface area (Å²) >= 11 is 0. The number of hydrogen-bond donors (Lipinski definition) is 1. The number of carbonyl (C=O) groups excluding carboxylic acids is 3. The van der Waals surface area contributed by atoms with Crippen LogP contribution >= 0.6 is 0 Å². The molecule has 1 aromatic rings. The number of hydrogen-bond acceptors (Lipinski definition) is 7. The number of imide groups is 1. The summed E-state index contributed by atoms with van der Waals surface area (Å²) < 4.78 is 17.2. The van der Waals surface area contributed by atoms with Gasteiger partial charge in [0.2, 0.25) is 0 Å². The standard InChI is InChI=1S/C20H22N4O6/c1-5-30-15-8-9-21-18-17(15)19(26)24(20(27)23(18)2)11-16(25)22-13-10-12(28-3)6-7-14(13)29-4/h6-10,17H,5,11H2,1-4H3/p+1. The van der Waals surface area contributed by atoms with E-state index < -0.39 is 30.3 Å². The molecule has 1 aromatic carbocycles.